The van der Waals surface area contributed by atoms with Gasteiger partial charge < -0.3 is 24.1 Å². The third kappa shape index (κ3) is 4.60. The van der Waals surface area contributed by atoms with Crippen LogP contribution in [0, 0.1) is 0 Å². The molecule has 32 heavy (non-hydrogen) atoms. The number of aliphatic hydroxyl groups excluding tert-OH is 1. The van der Waals surface area contributed by atoms with Gasteiger partial charge in [-0.15, -0.1) is 0 Å². The summed E-state index contributed by atoms with van der Waals surface area (Å²) in [6.07, 6.45) is 2.04. The topological polar surface area (TPSA) is 100 Å². The fraction of sp³-hybridized carbons (Fsp3) is 0.375. The number of aliphatic hydroxyl groups is 1. The van der Waals surface area contributed by atoms with Crippen molar-refractivity contribution in [3.05, 3.63) is 70.9 Å². The number of benzene rings is 1. The van der Waals surface area contributed by atoms with E-state index in [4.69, 9.17) is 9.15 Å². The van der Waals surface area contributed by atoms with Crippen LogP contribution in [0.15, 0.2) is 58.4 Å². The van der Waals surface area contributed by atoms with Gasteiger partial charge in [-0.3, -0.25) is 9.59 Å². The van der Waals surface area contributed by atoms with Gasteiger partial charge in [0.05, 0.1) is 30.6 Å². The molecule has 1 atom stereocenters. The Labute approximate surface area is 187 Å². The molecule has 1 N–H and O–H groups in total. The molecular formula is C24H28N2O6. The number of furan rings is 1. The molecule has 1 aromatic heterocycles. The van der Waals surface area contributed by atoms with Crippen LogP contribution in [0.2, 0.25) is 0 Å². The van der Waals surface area contributed by atoms with Gasteiger partial charge in [-0.2, -0.15) is 0 Å². The number of nitrogens with zero attached hydrogens (tertiary/aromatic N) is 2. The van der Waals surface area contributed by atoms with Gasteiger partial charge in [-0.25, -0.2) is 4.79 Å². The van der Waals surface area contributed by atoms with Crippen LogP contribution in [0.5, 0.6) is 0 Å². The number of ether oxygens (including phenoxy) is 1. The van der Waals surface area contributed by atoms with Crippen molar-refractivity contribution in [2.75, 3.05) is 33.3 Å². The largest absolute Gasteiger partial charge is 0.503 e. The molecule has 0 saturated heterocycles. The summed E-state index contributed by atoms with van der Waals surface area (Å²) >= 11 is 0. The minimum absolute atomic E-state index is 0.0291. The van der Waals surface area contributed by atoms with E-state index in [2.05, 4.69) is 18.7 Å². The van der Waals surface area contributed by atoms with Crippen LogP contribution in [0.1, 0.15) is 52.8 Å². The Balaban J connectivity index is 1.95. The van der Waals surface area contributed by atoms with E-state index in [-0.39, 0.29) is 11.3 Å². The highest BCUT2D eigenvalue weighted by atomic mass is 16.5. The number of rotatable bonds is 10. The summed E-state index contributed by atoms with van der Waals surface area (Å²) in [5.41, 5.74) is 0.923. The highest BCUT2D eigenvalue weighted by molar-refractivity contribution is 6.15. The van der Waals surface area contributed by atoms with Crippen molar-refractivity contribution in [3.63, 3.8) is 0 Å². The minimum Gasteiger partial charge on any atom is -0.503 e. The number of ketones is 1. The van der Waals surface area contributed by atoms with Crippen LogP contribution >= 0.6 is 0 Å². The third-order valence-electron chi connectivity index (χ3n) is 5.71. The average molecular weight is 440 g/mol. The van der Waals surface area contributed by atoms with Gasteiger partial charge >= 0.3 is 5.97 Å². The summed E-state index contributed by atoms with van der Waals surface area (Å²) < 4.78 is 9.96. The molecule has 170 valence electrons. The van der Waals surface area contributed by atoms with Crippen LogP contribution in [-0.2, 0) is 9.53 Å². The van der Waals surface area contributed by atoms with E-state index in [1.54, 1.807) is 30.3 Å². The van der Waals surface area contributed by atoms with Gasteiger partial charge in [0, 0.05) is 6.54 Å². The lowest BCUT2D eigenvalue weighted by Crippen LogP contribution is -2.34. The van der Waals surface area contributed by atoms with E-state index in [0.29, 0.717) is 24.1 Å². The third-order valence-corrected chi connectivity index (χ3v) is 5.71. The molecule has 0 radical (unpaired) electrons. The number of carbonyl (C=O) groups is 3. The van der Waals surface area contributed by atoms with Crippen molar-refractivity contribution < 1.29 is 28.6 Å². The van der Waals surface area contributed by atoms with Crippen LogP contribution in [0.4, 0.5) is 0 Å². The van der Waals surface area contributed by atoms with Crippen molar-refractivity contribution in [2.24, 2.45) is 0 Å². The van der Waals surface area contributed by atoms with Crippen LogP contribution in [0.25, 0.3) is 0 Å². The Kier molecular flexibility index (Phi) is 7.48. The Bertz CT molecular complexity index is 990. The number of hydrogen-bond donors (Lipinski definition) is 1. The second kappa shape index (κ2) is 10.3. The first-order chi connectivity index (χ1) is 15.4. The molecule has 2 aromatic rings. The number of Topliss-reactive ketones (excluding diaryl/α,β-unsaturated/α-hetero) is 1. The predicted molar refractivity (Wildman–Crippen MR) is 117 cm³/mol. The molecular weight excluding hydrogens is 412 g/mol. The Morgan fingerprint density at radius 1 is 1.16 bits per heavy atom. The van der Waals surface area contributed by atoms with E-state index in [1.807, 2.05) is 0 Å². The summed E-state index contributed by atoms with van der Waals surface area (Å²) in [5.74, 6) is -2.16. The van der Waals surface area contributed by atoms with Gasteiger partial charge in [0.25, 0.3) is 5.91 Å². The maximum atomic E-state index is 13.1. The van der Waals surface area contributed by atoms with Crippen molar-refractivity contribution in [1.82, 2.24) is 9.80 Å². The van der Waals surface area contributed by atoms with Gasteiger partial charge in [0.2, 0.25) is 5.78 Å². The van der Waals surface area contributed by atoms with E-state index in [1.165, 1.54) is 24.3 Å². The lowest BCUT2D eigenvalue weighted by molar-refractivity contribution is -0.129. The minimum atomic E-state index is -0.788. The molecule has 0 spiro atoms. The number of methoxy groups -OCH3 is 1. The highest BCUT2D eigenvalue weighted by Gasteiger charge is 2.44. The second-order valence-electron chi connectivity index (χ2n) is 7.46. The summed E-state index contributed by atoms with van der Waals surface area (Å²) in [7, 11) is 1.30. The summed E-state index contributed by atoms with van der Waals surface area (Å²) in [6.45, 7) is 7.08. The molecule has 3 rings (SSSR count). The molecule has 0 saturated carbocycles. The number of hydrogen-bond acceptors (Lipinski definition) is 7. The molecule has 0 bridgehead atoms. The predicted octanol–water partition coefficient (Wildman–Crippen LogP) is 3.38. The first kappa shape index (κ1) is 23.3. The standard InChI is InChI=1S/C24H28N2O6/c1-4-25(5-2)13-7-14-26-20(16-9-11-17(12-10-16)24(30)31-3)19(22(28)23(26)29)21(27)18-8-6-15-32-18/h6,8-12,15,20,28H,4-5,7,13-14H2,1-3H3. The van der Waals surface area contributed by atoms with Gasteiger partial charge in [0.1, 0.15) is 0 Å². The van der Waals surface area contributed by atoms with Crippen molar-refractivity contribution in [3.8, 4) is 0 Å². The molecule has 2 heterocycles. The lowest BCUT2D eigenvalue weighted by Gasteiger charge is -2.28. The van der Waals surface area contributed by atoms with Gasteiger partial charge in [-0.1, -0.05) is 26.0 Å². The van der Waals surface area contributed by atoms with Crippen molar-refractivity contribution >= 4 is 17.7 Å². The molecule has 0 aliphatic carbocycles. The number of amides is 1. The Hall–Kier alpha value is -3.39. The Morgan fingerprint density at radius 2 is 1.84 bits per heavy atom. The van der Waals surface area contributed by atoms with Crippen molar-refractivity contribution in [1.29, 1.82) is 0 Å². The van der Waals surface area contributed by atoms with E-state index in [9.17, 15) is 19.5 Å². The molecule has 8 heteroatoms. The molecule has 8 nitrogen and oxygen atoms in total. The van der Waals surface area contributed by atoms with Crippen LogP contribution in [-0.4, -0.2) is 65.9 Å². The fourth-order valence-corrected chi connectivity index (χ4v) is 3.93. The van der Waals surface area contributed by atoms with E-state index >= 15 is 0 Å². The monoisotopic (exact) mass is 440 g/mol. The normalized spacial score (nSPS) is 16.2. The van der Waals surface area contributed by atoms with Gasteiger partial charge in [-0.05, 0) is 55.9 Å². The van der Waals surface area contributed by atoms with Gasteiger partial charge in [0.15, 0.2) is 11.5 Å². The fourth-order valence-electron chi connectivity index (χ4n) is 3.93. The quantitative estimate of drug-likeness (QED) is 0.446. The zero-order valence-electron chi connectivity index (χ0n) is 18.5. The zero-order chi connectivity index (χ0) is 23.3. The van der Waals surface area contributed by atoms with E-state index < -0.39 is 29.5 Å². The molecule has 1 aliphatic heterocycles. The maximum Gasteiger partial charge on any atom is 0.337 e. The summed E-state index contributed by atoms with van der Waals surface area (Å²) in [6, 6.07) is 8.75. The molecule has 0 fully saturated rings. The average Bonchev–Trinajstić information content (AvgIpc) is 3.44. The SMILES string of the molecule is CCN(CC)CCCN1C(=O)C(O)=C(C(=O)c2ccco2)C1c1ccc(C(=O)OC)cc1. The number of esters is 1. The smallest absolute Gasteiger partial charge is 0.337 e. The summed E-state index contributed by atoms with van der Waals surface area (Å²) in [5, 5.41) is 10.7. The zero-order valence-corrected chi connectivity index (χ0v) is 18.5. The highest BCUT2D eigenvalue weighted by Crippen LogP contribution is 2.39. The van der Waals surface area contributed by atoms with E-state index in [0.717, 1.165) is 19.6 Å². The van der Waals surface area contributed by atoms with Crippen LogP contribution < -0.4 is 0 Å². The molecule has 1 unspecified atom stereocenters. The maximum absolute atomic E-state index is 13.1. The van der Waals surface area contributed by atoms with Crippen molar-refractivity contribution in [2.45, 2.75) is 26.3 Å². The molecule has 1 aromatic carbocycles. The lowest BCUT2D eigenvalue weighted by atomic mass is 9.94. The Morgan fingerprint density at radius 3 is 2.41 bits per heavy atom. The molecule has 1 aliphatic rings. The first-order valence-corrected chi connectivity index (χ1v) is 10.7. The number of carbonyl (C=O) groups excluding carboxylic acids is 3. The summed E-state index contributed by atoms with van der Waals surface area (Å²) in [4.78, 5) is 41.6. The second-order valence-corrected chi connectivity index (χ2v) is 7.46. The first-order valence-electron chi connectivity index (χ1n) is 10.7. The molecule has 1 amide bonds. The van der Waals surface area contributed by atoms with Crippen LogP contribution in [0.3, 0.4) is 0 Å².